The lowest BCUT2D eigenvalue weighted by Gasteiger charge is -2.14. The highest BCUT2D eigenvalue weighted by atomic mass is 32.1. The van der Waals surface area contributed by atoms with Crippen molar-refractivity contribution in [3.8, 4) is 16.8 Å². The summed E-state index contributed by atoms with van der Waals surface area (Å²) in [6, 6.07) is 19.6. The summed E-state index contributed by atoms with van der Waals surface area (Å²) in [7, 11) is 1.62. The normalized spacial score (nSPS) is 13.2. The number of para-hydroxylation sites is 1. The minimum absolute atomic E-state index is 0.0828. The molecule has 7 nitrogen and oxygen atoms in total. The third-order valence-electron chi connectivity index (χ3n) is 7.45. The number of anilines is 1. The first-order valence-electron chi connectivity index (χ1n) is 13.3. The van der Waals surface area contributed by atoms with Crippen LogP contribution in [0.4, 0.5) is 5.69 Å². The molecule has 6 rings (SSSR count). The summed E-state index contributed by atoms with van der Waals surface area (Å²) in [4.78, 5) is 22.9. The Kier molecular flexibility index (Phi) is 6.74. The number of aryl methyl sites for hydroxylation is 2. The number of fused-ring (bicyclic) bond motifs is 2. The number of amides is 1. The van der Waals surface area contributed by atoms with Gasteiger partial charge in [0.05, 0.1) is 29.3 Å². The maximum Gasteiger partial charge on any atom is 0.258 e. The number of ether oxygens (including phenoxy) is 1. The molecule has 0 atom stereocenters. The minimum Gasteiger partial charge on any atom is -0.497 e. The highest BCUT2D eigenvalue weighted by Crippen LogP contribution is 2.39. The van der Waals surface area contributed by atoms with Gasteiger partial charge in [0.1, 0.15) is 22.6 Å². The number of rotatable bonds is 6. The van der Waals surface area contributed by atoms with Crippen LogP contribution in [0.15, 0.2) is 54.6 Å². The van der Waals surface area contributed by atoms with Crippen LogP contribution in [0.5, 0.6) is 5.75 Å². The van der Waals surface area contributed by atoms with E-state index in [0.29, 0.717) is 11.4 Å². The van der Waals surface area contributed by atoms with Crippen molar-refractivity contribution < 1.29 is 9.53 Å². The number of methoxy groups -OCH3 is 1. The predicted octanol–water partition coefficient (Wildman–Crippen LogP) is 7.24. The number of hydrogen-bond acceptors (Lipinski definition) is 5. The second-order valence-electron chi connectivity index (χ2n) is 10.0. The zero-order valence-corrected chi connectivity index (χ0v) is 23.5. The van der Waals surface area contributed by atoms with Crippen molar-refractivity contribution in [1.82, 2.24) is 14.5 Å². The van der Waals surface area contributed by atoms with Gasteiger partial charge in [-0.05, 0) is 87.1 Å². The fraction of sp³-hybridized carbons (Fsp3) is 0.219. The Morgan fingerprint density at radius 3 is 2.73 bits per heavy atom. The summed E-state index contributed by atoms with van der Waals surface area (Å²) in [5, 5.41) is 14.1. The first kappa shape index (κ1) is 25.7. The largest absolute Gasteiger partial charge is 0.497 e. The summed E-state index contributed by atoms with van der Waals surface area (Å²) in [6.45, 7) is 4.08. The van der Waals surface area contributed by atoms with Crippen molar-refractivity contribution in [3.63, 3.8) is 0 Å². The molecule has 0 unspecified atom stereocenters. The van der Waals surface area contributed by atoms with Crippen molar-refractivity contribution in [2.24, 2.45) is 0 Å². The average molecular weight is 548 g/mol. The van der Waals surface area contributed by atoms with Crippen LogP contribution < -0.4 is 10.1 Å². The molecule has 3 heterocycles. The molecule has 0 saturated heterocycles. The topological polar surface area (TPSA) is 95.7 Å². The number of hydrogen-bond donors (Lipinski definition) is 2. The minimum atomic E-state index is -0.0828. The fourth-order valence-electron chi connectivity index (χ4n) is 5.46. The molecule has 0 fully saturated rings. The van der Waals surface area contributed by atoms with E-state index in [2.05, 4.69) is 32.0 Å². The number of carbonyl (C=O) groups excluding carboxylic acids is 1. The SMILES string of the molecule is COc1ccc2nc(/C(C#N)=C\c3cc(C)n(-c4sc5c(c4C(=O)Nc4ccccc4)CCCC5)c3C)[nH]c2c1. The highest BCUT2D eigenvalue weighted by molar-refractivity contribution is 7.15. The summed E-state index contributed by atoms with van der Waals surface area (Å²) in [5.74, 6) is 1.14. The van der Waals surface area contributed by atoms with Gasteiger partial charge in [-0.3, -0.25) is 4.79 Å². The monoisotopic (exact) mass is 547 g/mol. The molecule has 0 spiro atoms. The molecule has 8 heteroatoms. The molecule has 1 aliphatic carbocycles. The Hall–Kier alpha value is -4.61. The highest BCUT2D eigenvalue weighted by Gasteiger charge is 2.28. The molecule has 200 valence electrons. The number of allylic oxidation sites excluding steroid dienone is 1. The smallest absolute Gasteiger partial charge is 0.258 e. The molecule has 0 bridgehead atoms. The molecule has 0 aliphatic heterocycles. The summed E-state index contributed by atoms with van der Waals surface area (Å²) < 4.78 is 7.48. The summed E-state index contributed by atoms with van der Waals surface area (Å²) in [5.41, 5.74) is 7.59. The molecule has 5 aromatic rings. The Morgan fingerprint density at radius 1 is 1.15 bits per heavy atom. The third kappa shape index (κ3) is 4.59. The number of imidazole rings is 1. The number of thiophene rings is 1. The van der Waals surface area contributed by atoms with Crippen LogP contribution in [0.2, 0.25) is 0 Å². The maximum absolute atomic E-state index is 13.7. The zero-order chi connectivity index (χ0) is 27.8. The number of benzene rings is 2. The van der Waals surface area contributed by atoms with Crippen molar-refractivity contribution >= 4 is 45.6 Å². The van der Waals surface area contributed by atoms with Crippen LogP contribution >= 0.6 is 11.3 Å². The lowest BCUT2D eigenvalue weighted by atomic mass is 9.95. The van der Waals surface area contributed by atoms with Crippen molar-refractivity contribution in [2.45, 2.75) is 39.5 Å². The Bertz CT molecular complexity index is 1820. The number of aromatic nitrogens is 3. The van der Waals surface area contributed by atoms with E-state index in [4.69, 9.17) is 4.74 Å². The molecule has 0 radical (unpaired) electrons. The molecule has 3 aromatic heterocycles. The van der Waals surface area contributed by atoms with Gasteiger partial charge in [-0.2, -0.15) is 5.26 Å². The predicted molar refractivity (Wildman–Crippen MR) is 160 cm³/mol. The van der Waals surface area contributed by atoms with Crippen molar-refractivity contribution in [3.05, 3.63) is 93.4 Å². The van der Waals surface area contributed by atoms with Crippen LogP contribution in [0.25, 0.3) is 27.7 Å². The van der Waals surface area contributed by atoms with Crippen LogP contribution in [-0.2, 0) is 12.8 Å². The molecule has 2 N–H and O–H groups in total. The molecule has 40 heavy (non-hydrogen) atoms. The van der Waals surface area contributed by atoms with E-state index >= 15 is 0 Å². The molecule has 0 saturated carbocycles. The van der Waals surface area contributed by atoms with E-state index in [1.165, 1.54) is 10.4 Å². The second kappa shape index (κ2) is 10.5. The Morgan fingerprint density at radius 2 is 1.95 bits per heavy atom. The first-order valence-corrected chi connectivity index (χ1v) is 14.1. The Balaban J connectivity index is 1.42. The van der Waals surface area contributed by atoms with Gasteiger partial charge in [0.25, 0.3) is 5.91 Å². The van der Waals surface area contributed by atoms with Gasteiger partial charge in [0.2, 0.25) is 0 Å². The van der Waals surface area contributed by atoms with E-state index in [1.54, 1.807) is 18.4 Å². The van der Waals surface area contributed by atoms with Crippen LogP contribution in [0, 0.1) is 25.2 Å². The number of H-pyrrole nitrogens is 1. The van der Waals surface area contributed by atoms with Crippen molar-refractivity contribution in [1.29, 1.82) is 5.26 Å². The number of aromatic amines is 1. The van der Waals surface area contributed by atoms with Gasteiger partial charge in [-0.1, -0.05) is 18.2 Å². The van der Waals surface area contributed by atoms with Gasteiger partial charge in [0.15, 0.2) is 0 Å². The summed E-state index contributed by atoms with van der Waals surface area (Å²) >= 11 is 1.71. The van der Waals surface area contributed by atoms with E-state index in [0.717, 1.165) is 75.7 Å². The molecular weight excluding hydrogens is 518 g/mol. The quantitative estimate of drug-likeness (QED) is 0.219. The molecule has 1 amide bonds. The molecular formula is C32H29N5O2S. The second-order valence-corrected chi connectivity index (χ2v) is 11.1. The van der Waals surface area contributed by atoms with Crippen molar-refractivity contribution in [2.75, 3.05) is 12.4 Å². The average Bonchev–Trinajstić information content (AvgIpc) is 3.64. The molecule has 2 aromatic carbocycles. The van der Waals surface area contributed by atoms with E-state index in [9.17, 15) is 10.1 Å². The Labute approximate surface area is 236 Å². The van der Waals surface area contributed by atoms with Gasteiger partial charge < -0.3 is 19.6 Å². The van der Waals surface area contributed by atoms with E-state index in [1.807, 2.05) is 68.5 Å². The maximum atomic E-state index is 13.7. The van der Waals surface area contributed by atoms with E-state index < -0.39 is 0 Å². The standard InChI is InChI=1S/C32H29N5O2S/c1-19-15-21(16-22(18-33)30-35-26-14-13-24(39-3)17-27(26)36-30)20(2)37(19)32-29(25-11-7-8-12-28(25)40-32)31(38)34-23-9-5-4-6-10-23/h4-6,9-10,13-17H,7-8,11-12H2,1-3H3,(H,34,38)(H,35,36)/b22-16-. The zero-order valence-electron chi connectivity index (χ0n) is 22.7. The van der Waals surface area contributed by atoms with Crippen LogP contribution in [-0.4, -0.2) is 27.6 Å². The molecule has 1 aliphatic rings. The van der Waals surface area contributed by atoms with Gasteiger partial charge in [-0.25, -0.2) is 4.98 Å². The number of nitrogens with one attached hydrogen (secondary N) is 2. The lowest BCUT2D eigenvalue weighted by molar-refractivity contribution is 0.102. The fourth-order valence-corrected chi connectivity index (χ4v) is 6.95. The first-order chi connectivity index (χ1) is 19.5. The lowest BCUT2D eigenvalue weighted by Crippen LogP contribution is -2.17. The van der Waals surface area contributed by atoms with Gasteiger partial charge in [-0.15, -0.1) is 11.3 Å². The van der Waals surface area contributed by atoms with Crippen LogP contribution in [0.1, 0.15) is 56.4 Å². The number of nitriles is 1. The van der Waals surface area contributed by atoms with Crippen LogP contribution in [0.3, 0.4) is 0 Å². The number of carbonyl (C=O) groups is 1. The summed E-state index contributed by atoms with van der Waals surface area (Å²) in [6.07, 6.45) is 5.99. The van der Waals surface area contributed by atoms with E-state index in [-0.39, 0.29) is 5.91 Å². The third-order valence-corrected chi connectivity index (χ3v) is 8.73. The van der Waals surface area contributed by atoms with Gasteiger partial charge in [0, 0.05) is 28.0 Å². The number of nitrogens with zero attached hydrogens (tertiary/aromatic N) is 3. The van der Waals surface area contributed by atoms with Gasteiger partial charge >= 0.3 is 0 Å².